The lowest BCUT2D eigenvalue weighted by Crippen LogP contribution is -2.44. The summed E-state index contributed by atoms with van der Waals surface area (Å²) < 4.78 is 25.9. The van der Waals surface area contributed by atoms with E-state index in [1.807, 2.05) is 72.3 Å². The van der Waals surface area contributed by atoms with Gasteiger partial charge in [-0.25, -0.2) is 9.97 Å². The molecule has 2 aliphatic rings. The first-order valence-corrected chi connectivity index (χ1v) is 16.6. The predicted molar refractivity (Wildman–Crippen MR) is 170 cm³/mol. The summed E-state index contributed by atoms with van der Waals surface area (Å²) in [7, 11) is 0. The molecule has 2 aromatic heterocycles. The lowest BCUT2D eigenvalue weighted by atomic mass is 9.96. The number of thioether (sulfide) groups is 1. The molecule has 1 saturated heterocycles. The molecule has 1 fully saturated rings. The molecule has 5 atom stereocenters. The summed E-state index contributed by atoms with van der Waals surface area (Å²) >= 11 is 2.94. The minimum atomic E-state index is -1.81. The summed E-state index contributed by atoms with van der Waals surface area (Å²) in [5.41, 5.74) is 3.89. The van der Waals surface area contributed by atoms with Crippen molar-refractivity contribution in [3.8, 4) is 0 Å². The van der Waals surface area contributed by atoms with Crippen LogP contribution in [0.3, 0.4) is 0 Å². The van der Waals surface area contributed by atoms with Gasteiger partial charge in [-0.3, -0.25) is 0 Å². The van der Waals surface area contributed by atoms with E-state index in [0.717, 1.165) is 28.0 Å². The van der Waals surface area contributed by atoms with E-state index in [9.17, 15) is 5.11 Å². The SMILES string of the molecule is CSc1ncnc2c(C3(O)O[C@H](COCc4ccccc4)[C@@H](OCC4=CC=CC(C)C4)[C@H]3OCc3ccccc3)scc12. The van der Waals surface area contributed by atoms with Crippen molar-refractivity contribution in [3.63, 3.8) is 0 Å². The maximum atomic E-state index is 12.5. The van der Waals surface area contributed by atoms with E-state index in [0.29, 0.717) is 29.5 Å². The molecule has 3 heterocycles. The first kappa shape index (κ1) is 30.1. The van der Waals surface area contributed by atoms with Crippen molar-refractivity contribution in [1.82, 2.24) is 9.97 Å². The zero-order chi connectivity index (χ0) is 29.6. The Kier molecular flexibility index (Phi) is 9.69. The number of allylic oxidation sites excluding steroid dienone is 3. The van der Waals surface area contributed by atoms with Crippen molar-refractivity contribution in [1.29, 1.82) is 0 Å². The number of nitrogens with zero attached hydrogens (tertiary/aromatic N) is 2. The van der Waals surface area contributed by atoms with Crippen LogP contribution in [0.15, 0.2) is 101 Å². The molecule has 1 aliphatic heterocycles. The second-order valence-corrected chi connectivity index (χ2v) is 12.6. The van der Waals surface area contributed by atoms with E-state index < -0.39 is 24.1 Å². The van der Waals surface area contributed by atoms with Crippen molar-refractivity contribution >= 4 is 34.0 Å². The molecule has 224 valence electrons. The predicted octanol–water partition coefficient (Wildman–Crippen LogP) is 6.67. The molecule has 43 heavy (non-hydrogen) atoms. The number of ether oxygens (including phenoxy) is 4. The van der Waals surface area contributed by atoms with E-state index in [1.165, 1.54) is 23.2 Å². The smallest absolute Gasteiger partial charge is 0.234 e. The lowest BCUT2D eigenvalue weighted by molar-refractivity contribution is -0.250. The molecular formula is C34H36N2O5S2. The molecule has 0 bridgehead atoms. The third kappa shape index (κ3) is 6.78. The van der Waals surface area contributed by atoms with Gasteiger partial charge in [0, 0.05) is 10.8 Å². The van der Waals surface area contributed by atoms with Crippen molar-refractivity contribution in [3.05, 3.63) is 112 Å². The molecule has 0 amide bonds. The number of benzene rings is 2. The quantitative estimate of drug-likeness (QED) is 0.140. The van der Waals surface area contributed by atoms with Gasteiger partial charge in [0.05, 0.1) is 36.8 Å². The van der Waals surface area contributed by atoms with E-state index in [-0.39, 0.29) is 13.2 Å². The highest BCUT2D eigenvalue weighted by Gasteiger charge is 2.58. The largest absolute Gasteiger partial charge is 0.374 e. The van der Waals surface area contributed by atoms with Crippen LogP contribution in [-0.2, 0) is 37.9 Å². The molecule has 0 radical (unpaired) electrons. The Morgan fingerprint density at radius 1 is 1.00 bits per heavy atom. The Morgan fingerprint density at radius 3 is 2.47 bits per heavy atom. The highest BCUT2D eigenvalue weighted by Crippen LogP contribution is 2.47. The minimum absolute atomic E-state index is 0.219. The maximum Gasteiger partial charge on any atom is 0.234 e. The van der Waals surface area contributed by atoms with Crippen LogP contribution in [0.25, 0.3) is 10.9 Å². The molecule has 0 saturated carbocycles. The van der Waals surface area contributed by atoms with Crippen molar-refractivity contribution < 1.29 is 24.1 Å². The first-order chi connectivity index (χ1) is 21.0. The Morgan fingerprint density at radius 2 is 1.74 bits per heavy atom. The molecule has 6 rings (SSSR count). The normalized spacial score (nSPS) is 25.3. The van der Waals surface area contributed by atoms with Gasteiger partial charge >= 0.3 is 0 Å². The highest BCUT2D eigenvalue weighted by atomic mass is 32.2. The van der Waals surface area contributed by atoms with Crippen LogP contribution in [0, 0.1) is 5.92 Å². The number of rotatable bonds is 12. The second kappa shape index (κ2) is 13.8. The van der Waals surface area contributed by atoms with Crippen LogP contribution in [0.2, 0.25) is 0 Å². The van der Waals surface area contributed by atoms with Gasteiger partial charge < -0.3 is 24.1 Å². The van der Waals surface area contributed by atoms with Gasteiger partial charge in [0.1, 0.15) is 29.7 Å². The summed E-state index contributed by atoms with van der Waals surface area (Å²) in [6.07, 6.45) is 8.77. The Bertz CT molecular complexity index is 1560. The average Bonchev–Trinajstić information content (AvgIpc) is 3.59. The Balaban J connectivity index is 1.33. The number of aromatic nitrogens is 2. The summed E-state index contributed by atoms with van der Waals surface area (Å²) in [5, 5.41) is 16.2. The molecule has 2 aromatic carbocycles. The summed E-state index contributed by atoms with van der Waals surface area (Å²) in [4.78, 5) is 9.57. The number of hydrogen-bond acceptors (Lipinski definition) is 9. The maximum absolute atomic E-state index is 12.5. The Labute approximate surface area is 260 Å². The average molecular weight is 617 g/mol. The lowest BCUT2D eigenvalue weighted by Gasteiger charge is -2.30. The molecule has 1 aliphatic carbocycles. The zero-order valence-electron chi connectivity index (χ0n) is 24.3. The summed E-state index contributed by atoms with van der Waals surface area (Å²) in [5.74, 6) is -1.37. The van der Waals surface area contributed by atoms with Gasteiger partial charge in [-0.15, -0.1) is 23.1 Å². The van der Waals surface area contributed by atoms with Crippen LogP contribution in [0.1, 0.15) is 29.3 Å². The van der Waals surface area contributed by atoms with E-state index in [2.05, 4.69) is 35.1 Å². The van der Waals surface area contributed by atoms with Gasteiger partial charge in [-0.05, 0) is 35.3 Å². The second-order valence-electron chi connectivity index (χ2n) is 10.9. The first-order valence-electron chi connectivity index (χ1n) is 14.5. The highest BCUT2D eigenvalue weighted by molar-refractivity contribution is 7.98. The molecule has 2 unspecified atom stereocenters. The van der Waals surface area contributed by atoms with Gasteiger partial charge in [0.25, 0.3) is 0 Å². The number of hydrogen-bond donors (Lipinski definition) is 1. The van der Waals surface area contributed by atoms with Gasteiger partial charge in [-0.2, -0.15) is 0 Å². The molecular weight excluding hydrogens is 581 g/mol. The zero-order valence-corrected chi connectivity index (χ0v) is 25.9. The van der Waals surface area contributed by atoms with Crippen molar-refractivity contribution in [2.24, 2.45) is 5.92 Å². The van der Waals surface area contributed by atoms with Crippen LogP contribution in [-0.4, -0.2) is 52.9 Å². The van der Waals surface area contributed by atoms with Crippen LogP contribution < -0.4 is 0 Å². The molecule has 0 spiro atoms. The fourth-order valence-corrected chi connectivity index (χ4v) is 7.29. The summed E-state index contributed by atoms with van der Waals surface area (Å²) in [6, 6.07) is 19.9. The van der Waals surface area contributed by atoms with Gasteiger partial charge in [0.2, 0.25) is 5.79 Å². The molecule has 9 heteroatoms. The van der Waals surface area contributed by atoms with Crippen LogP contribution >= 0.6 is 23.1 Å². The fraction of sp³-hybridized carbons (Fsp3) is 0.353. The summed E-state index contributed by atoms with van der Waals surface area (Å²) in [6.45, 7) is 3.52. The number of thiophene rings is 1. The number of aliphatic hydroxyl groups is 1. The Hall–Kier alpha value is -2.89. The van der Waals surface area contributed by atoms with E-state index in [1.54, 1.807) is 11.8 Å². The van der Waals surface area contributed by atoms with Crippen molar-refractivity contribution in [2.75, 3.05) is 19.5 Å². The topological polar surface area (TPSA) is 82.9 Å². The molecule has 1 N–H and O–H groups in total. The number of fused-ring (bicyclic) bond motifs is 1. The van der Waals surface area contributed by atoms with Gasteiger partial charge in [-0.1, -0.05) is 85.8 Å². The fourth-order valence-electron chi connectivity index (χ4n) is 5.62. The molecule has 7 nitrogen and oxygen atoms in total. The van der Waals surface area contributed by atoms with E-state index >= 15 is 0 Å². The van der Waals surface area contributed by atoms with Crippen LogP contribution in [0.4, 0.5) is 0 Å². The van der Waals surface area contributed by atoms with Gasteiger partial charge in [0.15, 0.2) is 0 Å². The van der Waals surface area contributed by atoms with Crippen molar-refractivity contribution in [2.45, 2.75) is 55.7 Å². The minimum Gasteiger partial charge on any atom is -0.374 e. The van der Waals surface area contributed by atoms with Crippen LogP contribution in [0.5, 0.6) is 0 Å². The third-order valence-corrected chi connectivity index (χ3v) is 9.53. The monoisotopic (exact) mass is 616 g/mol. The molecule has 4 aromatic rings. The van der Waals surface area contributed by atoms with E-state index in [4.69, 9.17) is 18.9 Å². The third-order valence-electron chi connectivity index (χ3n) is 7.74. The standard InChI is InChI=1S/C34H36N2O5S2/c1-23-10-9-15-26(16-23)19-39-30-28(20-38-17-24-11-5-3-6-12-24)41-34(37,31(30)40-18-25-13-7-4-8-14-25)32-29-27(21-43-32)33(42-2)36-22-35-29/h3-15,21-23,28,30-31,37H,16-20H2,1-2H3/t23?,28-,30-,31-,34?/m1/s1.